The van der Waals surface area contributed by atoms with Gasteiger partial charge in [-0.25, -0.2) is 4.42 Å². The van der Waals surface area contributed by atoms with E-state index in [1.807, 2.05) is 33.8 Å². The normalized spacial score (nSPS) is 20.2. The van der Waals surface area contributed by atoms with Crippen LogP contribution < -0.4 is 5.73 Å². The first-order chi connectivity index (χ1) is 14.6. The maximum Gasteiger partial charge on any atom is 0.253 e. The minimum atomic E-state index is 0.0872. The van der Waals surface area contributed by atoms with E-state index in [4.69, 9.17) is 22.6 Å². The lowest BCUT2D eigenvalue weighted by molar-refractivity contribution is 0.0793. The predicted molar refractivity (Wildman–Crippen MR) is 116 cm³/mol. The molecule has 1 atom stereocenters. The molecule has 0 unspecified atom stereocenters. The molecule has 1 aromatic carbocycles. The lowest BCUT2D eigenvalue weighted by Gasteiger charge is -2.28. The maximum atomic E-state index is 12.7. The molecule has 0 saturated carbocycles. The summed E-state index contributed by atoms with van der Waals surface area (Å²) in [6, 6.07) is 7.75. The topological polar surface area (TPSA) is 93.2 Å². The molecule has 30 heavy (non-hydrogen) atoms. The first kappa shape index (κ1) is 19.3. The number of nitrogens with two attached hydrogens (primary N) is 1. The van der Waals surface area contributed by atoms with Gasteiger partial charge in [0.15, 0.2) is 5.82 Å². The van der Waals surface area contributed by atoms with E-state index in [-0.39, 0.29) is 11.9 Å². The number of piperidine rings is 1. The van der Waals surface area contributed by atoms with E-state index in [9.17, 15) is 4.79 Å². The van der Waals surface area contributed by atoms with Gasteiger partial charge in [0.05, 0.1) is 23.1 Å². The third-order valence-corrected chi connectivity index (χ3v) is 6.35. The smallest absolute Gasteiger partial charge is 0.253 e. The van der Waals surface area contributed by atoms with Crippen LogP contribution in [0.25, 0.3) is 22.2 Å². The SMILES string of the molecule is Nc1nncc2c1c(-c1ccc(C(=O)N3CCCC3)cc1)nn2[C@@H]1CCCN(Cl)C1. The van der Waals surface area contributed by atoms with Gasteiger partial charge in [-0.3, -0.25) is 9.48 Å². The number of halogens is 1. The molecule has 156 valence electrons. The Morgan fingerprint density at radius 1 is 1.10 bits per heavy atom. The van der Waals surface area contributed by atoms with Gasteiger partial charge < -0.3 is 10.6 Å². The standard InChI is InChI=1S/C21H24ClN7O/c22-28-11-3-4-16(13-28)29-17-12-24-25-20(23)18(17)19(26-29)14-5-7-15(8-6-14)21(30)27-9-1-2-10-27/h5-8,12,16H,1-4,9-11,13H2,(H2,23,25)/t16-/m1/s1. The molecular formula is C21H24ClN7O. The van der Waals surface area contributed by atoms with Crippen molar-refractivity contribution in [2.24, 2.45) is 0 Å². The van der Waals surface area contributed by atoms with Crippen LogP contribution in [-0.2, 0) is 0 Å². The number of likely N-dealkylation sites (tertiary alicyclic amines) is 1. The van der Waals surface area contributed by atoms with Crippen molar-refractivity contribution in [1.82, 2.24) is 29.3 Å². The zero-order valence-corrected chi connectivity index (χ0v) is 17.4. The van der Waals surface area contributed by atoms with E-state index in [0.29, 0.717) is 17.9 Å². The molecule has 2 aliphatic heterocycles. The molecule has 1 amide bonds. The summed E-state index contributed by atoms with van der Waals surface area (Å²) in [7, 11) is 0. The fourth-order valence-corrected chi connectivity index (χ4v) is 4.76. The lowest BCUT2D eigenvalue weighted by atomic mass is 10.1. The summed E-state index contributed by atoms with van der Waals surface area (Å²) in [5, 5.41) is 13.8. The van der Waals surface area contributed by atoms with Crippen LogP contribution in [0.15, 0.2) is 30.5 Å². The van der Waals surface area contributed by atoms with Gasteiger partial charge in [-0.1, -0.05) is 12.1 Å². The molecule has 2 saturated heterocycles. The first-order valence-electron chi connectivity index (χ1n) is 10.4. The zero-order chi connectivity index (χ0) is 20.7. The number of hydrogen-bond acceptors (Lipinski definition) is 6. The highest BCUT2D eigenvalue weighted by molar-refractivity contribution is 6.13. The number of amides is 1. The van der Waals surface area contributed by atoms with E-state index in [1.54, 1.807) is 10.6 Å². The second-order valence-corrected chi connectivity index (χ2v) is 8.50. The van der Waals surface area contributed by atoms with Crippen LogP contribution in [0.4, 0.5) is 5.82 Å². The second kappa shape index (κ2) is 7.85. The average Bonchev–Trinajstić information content (AvgIpc) is 3.42. The van der Waals surface area contributed by atoms with E-state index in [1.165, 1.54) is 0 Å². The Balaban J connectivity index is 1.53. The van der Waals surface area contributed by atoms with Crippen LogP contribution in [0.3, 0.4) is 0 Å². The molecule has 0 radical (unpaired) electrons. The maximum absolute atomic E-state index is 12.7. The Labute approximate surface area is 179 Å². The number of rotatable bonds is 3. The van der Waals surface area contributed by atoms with Crippen molar-refractivity contribution in [3.05, 3.63) is 36.0 Å². The molecule has 0 spiro atoms. The van der Waals surface area contributed by atoms with E-state index < -0.39 is 0 Å². The van der Waals surface area contributed by atoms with Gasteiger partial charge in [-0.05, 0) is 49.6 Å². The van der Waals surface area contributed by atoms with Gasteiger partial charge in [0, 0.05) is 37.3 Å². The summed E-state index contributed by atoms with van der Waals surface area (Å²) < 4.78 is 3.78. The molecule has 9 heteroatoms. The molecule has 0 aliphatic carbocycles. The van der Waals surface area contributed by atoms with Crippen LogP contribution in [-0.4, -0.2) is 61.4 Å². The Morgan fingerprint density at radius 3 is 2.60 bits per heavy atom. The molecule has 3 aromatic rings. The highest BCUT2D eigenvalue weighted by atomic mass is 35.5. The average molecular weight is 426 g/mol. The molecule has 2 N–H and O–H groups in total. The van der Waals surface area contributed by atoms with Crippen LogP contribution in [0.1, 0.15) is 42.1 Å². The minimum Gasteiger partial charge on any atom is -0.382 e. The van der Waals surface area contributed by atoms with Gasteiger partial charge >= 0.3 is 0 Å². The molecule has 2 aliphatic rings. The Kier molecular flexibility index (Phi) is 5.04. The van der Waals surface area contributed by atoms with Gasteiger partial charge in [0.2, 0.25) is 0 Å². The van der Waals surface area contributed by atoms with Crippen LogP contribution in [0.2, 0.25) is 0 Å². The highest BCUT2D eigenvalue weighted by Gasteiger charge is 2.26. The van der Waals surface area contributed by atoms with Crippen LogP contribution >= 0.6 is 11.8 Å². The molecular weight excluding hydrogens is 402 g/mol. The van der Waals surface area contributed by atoms with Crippen LogP contribution in [0.5, 0.6) is 0 Å². The molecule has 8 nitrogen and oxygen atoms in total. The van der Waals surface area contributed by atoms with Gasteiger partial charge in [-0.15, -0.1) is 5.10 Å². The summed E-state index contributed by atoms with van der Waals surface area (Å²) >= 11 is 6.27. The van der Waals surface area contributed by atoms with Gasteiger partial charge in [0.25, 0.3) is 5.91 Å². The summed E-state index contributed by atoms with van der Waals surface area (Å²) in [5.41, 5.74) is 9.40. The summed E-state index contributed by atoms with van der Waals surface area (Å²) in [5.74, 6) is 0.439. The predicted octanol–water partition coefficient (Wildman–Crippen LogP) is 3.10. The van der Waals surface area contributed by atoms with Crippen molar-refractivity contribution < 1.29 is 4.79 Å². The van der Waals surface area contributed by atoms with Crippen molar-refractivity contribution in [3.63, 3.8) is 0 Å². The number of fused-ring (bicyclic) bond motifs is 1. The number of nitrogen functional groups attached to an aromatic ring is 1. The molecule has 2 aromatic heterocycles. The number of carbonyl (C=O) groups is 1. The molecule has 5 rings (SSSR count). The lowest BCUT2D eigenvalue weighted by Crippen LogP contribution is -2.30. The molecule has 4 heterocycles. The van der Waals surface area contributed by atoms with E-state index in [0.717, 1.165) is 67.5 Å². The molecule has 0 bridgehead atoms. The fraction of sp³-hybridized carbons (Fsp3) is 0.429. The second-order valence-electron chi connectivity index (χ2n) is 8.02. The highest BCUT2D eigenvalue weighted by Crippen LogP contribution is 2.34. The van der Waals surface area contributed by atoms with Crippen molar-refractivity contribution in [2.45, 2.75) is 31.7 Å². The summed E-state index contributed by atoms with van der Waals surface area (Å²) in [6.07, 6.45) is 5.86. The summed E-state index contributed by atoms with van der Waals surface area (Å²) in [6.45, 7) is 3.26. The van der Waals surface area contributed by atoms with E-state index >= 15 is 0 Å². The Morgan fingerprint density at radius 2 is 1.87 bits per heavy atom. The first-order valence-corrected chi connectivity index (χ1v) is 10.8. The minimum absolute atomic E-state index is 0.0872. The largest absolute Gasteiger partial charge is 0.382 e. The molecule has 2 fully saturated rings. The monoisotopic (exact) mass is 425 g/mol. The van der Waals surface area contributed by atoms with Gasteiger partial charge in [0.1, 0.15) is 5.69 Å². The zero-order valence-electron chi connectivity index (χ0n) is 16.7. The van der Waals surface area contributed by atoms with Crippen molar-refractivity contribution in [2.75, 3.05) is 31.9 Å². The third-order valence-electron chi connectivity index (χ3n) is 6.04. The number of aromatic nitrogens is 4. The third kappa shape index (κ3) is 3.40. The summed E-state index contributed by atoms with van der Waals surface area (Å²) in [4.78, 5) is 14.6. The number of carbonyl (C=O) groups excluding carboxylic acids is 1. The quantitative estimate of drug-likeness (QED) is 0.648. The van der Waals surface area contributed by atoms with Gasteiger partial charge in [-0.2, -0.15) is 10.2 Å². The fourth-order valence-electron chi connectivity index (χ4n) is 4.48. The van der Waals surface area contributed by atoms with E-state index in [2.05, 4.69) is 10.2 Å². The number of anilines is 1. The number of benzene rings is 1. The number of hydrogen-bond donors (Lipinski definition) is 1. The Bertz CT molecular complexity index is 1070. The van der Waals surface area contributed by atoms with Crippen molar-refractivity contribution >= 4 is 34.4 Å². The van der Waals surface area contributed by atoms with Crippen LogP contribution in [0, 0.1) is 0 Å². The van der Waals surface area contributed by atoms with Crippen molar-refractivity contribution in [3.8, 4) is 11.3 Å². The van der Waals surface area contributed by atoms with Crippen molar-refractivity contribution in [1.29, 1.82) is 0 Å². The Hall–Kier alpha value is -2.71. The number of nitrogens with zero attached hydrogens (tertiary/aromatic N) is 6.